The topological polar surface area (TPSA) is 112 Å². The van der Waals surface area contributed by atoms with Gasteiger partial charge in [-0.15, -0.1) is 0 Å². The summed E-state index contributed by atoms with van der Waals surface area (Å²) in [6.07, 6.45) is 23.6. The molecule has 0 atom stereocenters. The van der Waals surface area contributed by atoms with Crippen LogP contribution < -0.4 is 0 Å². The van der Waals surface area contributed by atoms with Crippen molar-refractivity contribution in [2.24, 2.45) is 0 Å². The molecule has 0 aliphatic carbocycles. The molecule has 7 nitrogen and oxygen atoms in total. The van der Waals surface area contributed by atoms with Crippen molar-refractivity contribution in [1.29, 1.82) is 0 Å². The molecule has 0 aromatic rings. The molecule has 0 radical (unpaired) electrons. The number of carboxylic acids is 3. The van der Waals surface area contributed by atoms with Crippen LogP contribution in [0.25, 0.3) is 0 Å². The Labute approximate surface area is 200 Å². The molecule has 0 saturated carbocycles. The molecule has 0 aromatic heterocycles. The zero-order valence-corrected chi connectivity index (χ0v) is 20.8. The van der Waals surface area contributed by atoms with Crippen LogP contribution in [0.3, 0.4) is 0 Å². The summed E-state index contributed by atoms with van der Waals surface area (Å²) in [5, 5.41) is 27.4. The van der Waals surface area contributed by atoms with Crippen LogP contribution in [0.1, 0.15) is 110 Å². The molecule has 0 aliphatic rings. The van der Waals surface area contributed by atoms with Crippen molar-refractivity contribution in [2.45, 2.75) is 110 Å². The second kappa shape index (κ2) is 20.7. The molecule has 33 heavy (non-hydrogen) atoms. The average molecular weight is 471 g/mol. The van der Waals surface area contributed by atoms with Gasteiger partial charge in [-0.05, 0) is 32.1 Å². The molecule has 0 bridgehead atoms. The summed E-state index contributed by atoms with van der Waals surface area (Å²) in [5.41, 5.74) is 0. The van der Waals surface area contributed by atoms with Crippen LogP contribution in [0.5, 0.6) is 0 Å². The van der Waals surface area contributed by atoms with Gasteiger partial charge < -0.3 is 15.3 Å². The fourth-order valence-corrected chi connectivity index (χ4v) is 4.38. The second-order valence-electron chi connectivity index (χ2n) is 9.34. The third-order valence-electron chi connectivity index (χ3n) is 6.07. The lowest BCUT2D eigenvalue weighted by Gasteiger charge is -2.34. The minimum Gasteiger partial charge on any atom is -0.477 e. The minimum atomic E-state index is -1.17. The average Bonchev–Trinajstić information content (AvgIpc) is 2.71. The molecule has 7 heteroatoms. The first-order chi connectivity index (χ1) is 15.8. The van der Waals surface area contributed by atoms with Gasteiger partial charge >= 0.3 is 17.9 Å². The van der Waals surface area contributed by atoms with Crippen LogP contribution in [0.15, 0.2) is 12.2 Å². The van der Waals surface area contributed by atoms with Crippen molar-refractivity contribution in [1.82, 2.24) is 0 Å². The fraction of sp³-hybridized carbons (Fsp3) is 0.808. The van der Waals surface area contributed by atoms with E-state index in [1.54, 1.807) is 0 Å². The highest BCUT2D eigenvalue weighted by molar-refractivity contribution is 5.73. The van der Waals surface area contributed by atoms with E-state index < -0.39 is 42.0 Å². The number of hydrogen-bond acceptors (Lipinski definition) is 3. The number of rotatable bonds is 24. The number of hydrogen-bond donors (Lipinski definition) is 3. The second-order valence-corrected chi connectivity index (χ2v) is 9.34. The zero-order valence-electron chi connectivity index (χ0n) is 20.8. The Balaban J connectivity index is 3.76. The number of aliphatic carboxylic acids is 3. The van der Waals surface area contributed by atoms with Gasteiger partial charge in [0.25, 0.3) is 0 Å². The molecule has 0 spiro atoms. The van der Waals surface area contributed by atoms with Crippen LogP contribution in [0.2, 0.25) is 0 Å². The Bertz CT molecular complexity index is 520. The van der Waals surface area contributed by atoms with Gasteiger partial charge in [-0.1, -0.05) is 89.7 Å². The predicted octanol–water partition coefficient (Wildman–Crippen LogP) is 5.87. The summed E-state index contributed by atoms with van der Waals surface area (Å²) < 4.78 is -0.435. The van der Waals surface area contributed by atoms with Gasteiger partial charge in [-0.3, -0.25) is 4.48 Å². The van der Waals surface area contributed by atoms with Crippen molar-refractivity contribution < 1.29 is 34.2 Å². The third kappa shape index (κ3) is 20.4. The minimum absolute atomic E-state index is 0.264. The summed E-state index contributed by atoms with van der Waals surface area (Å²) in [5.74, 6) is -3.51. The van der Waals surface area contributed by atoms with E-state index in [1.807, 2.05) is 0 Å². The Morgan fingerprint density at radius 3 is 1.21 bits per heavy atom. The fourth-order valence-electron chi connectivity index (χ4n) is 4.38. The summed E-state index contributed by atoms with van der Waals surface area (Å²) in [6.45, 7) is 1.00. The largest absolute Gasteiger partial charge is 0.477 e. The molecule has 0 rings (SSSR count). The standard InChI is InChI=1S/C26H47NO6/c1-2-3-4-5-6-7-8-9-10-11-12-13-14-15-16-17-18-19-20-27(21-24(28)29,22-25(30)31)23-26(32)33/h3-4H,2,5-23H2,1H3,(H2-,28,29,30,31,32,33)/p+1/b4-3+. The highest BCUT2D eigenvalue weighted by atomic mass is 16.4. The van der Waals surface area contributed by atoms with Crippen LogP contribution in [0, 0.1) is 0 Å². The van der Waals surface area contributed by atoms with Crippen molar-refractivity contribution >= 4 is 17.9 Å². The smallest absolute Gasteiger partial charge is 0.359 e. The van der Waals surface area contributed by atoms with Crippen molar-refractivity contribution in [3.8, 4) is 0 Å². The van der Waals surface area contributed by atoms with Gasteiger partial charge in [0.2, 0.25) is 0 Å². The molecule has 0 heterocycles. The Kier molecular flexibility index (Phi) is 19.5. The highest BCUT2D eigenvalue weighted by Crippen LogP contribution is 2.15. The van der Waals surface area contributed by atoms with Crippen molar-refractivity contribution in [3.63, 3.8) is 0 Å². The van der Waals surface area contributed by atoms with Crippen LogP contribution in [-0.2, 0) is 14.4 Å². The third-order valence-corrected chi connectivity index (χ3v) is 6.07. The zero-order chi connectivity index (χ0) is 24.8. The van der Waals surface area contributed by atoms with E-state index in [9.17, 15) is 14.4 Å². The number of quaternary nitrogens is 1. The Morgan fingerprint density at radius 2 is 0.879 bits per heavy atom. The molecule has 0 aromatic carbocycles. The van der Waals surface area contributed by atoms with Crippen molar-refractivity contribution in [3.05, 3.63) is 12.2 Å². The maximum Gasteiger partial charge on any atom is 0.359 e. The lowest BCUT2D eigenvalue weighted by molar-refractivity contribution is -0.907. The lowest BCUT2D eigenvalue weighted by atomic mass is 10.0. The van der Waals surface area contributed by atoms with E-state index in [0.717, 1.165) is 25.7 Å². The van der Waals surface area contributed by atoms with Crippen LogP contribution >= 0.6 is 0 Å². The van der Waals surface area contributed by atoms with Crippen molar-refractivity contribution in [2.75, 3.05) is 26.2 Å². The SMILES string of the molecule is CC/C=C/CCCCCCCCCCCCCCCC[N+](CC(=O)O)(CC(=O)O)CC(=O)O. The molecule has 3 N–H and O–H groups in total. The first-order valence-electron chi connectivity index (χ1n) is 13.0. The van der Waals surface area contributed by atoms with E-state index in [0.29, 0.717) is 6.42 Å². The van der Waals surface area contributed by atoms with Gasteiger partial charge in [0.15, 0.2) is 19.6 Å². The number of carbonyl (C=O) groups is 3. The quantitative estimate of drug-likeness (QED) is 0.0923. The van der Waals surface area contributed by atoms with E-state index >= 15 is 0 Å². The van der Waals surface area contributed by atoms with E-state index in [4.69, 9.17) is 15.3 Å². The maximum absolute atomic E-state index is 11.2. The summed E-state index contributed by atoms with van der Waals surface area (Å²) in [7, 11) is 0. The van der Waals surface area contributed by atoms with E-state index in [-0.39, 0.29) is 6.54 Å². The molecule has 0 unspecified atom stereocenters. The highest BCUT2D eigenvalue weighted by Gasteiger charge is 2.35. The molecule has 0 aliphatic heterocycles. The number of nitrogens with zero attached hydrogens (tertiary/aromatic N) is 1. The maximum atomic E-state index is 11.2. The first-order valence-corrected chi connectivity index (χ1v) is 13.0. The van der Waals surface area contributed by atoms with Crippen LogP contribution in [-0.4, -0.2) is 63.9 Å². The predicted molar refractivity (Wildman–Crippen MR) is 131 cm³/mol. The van der Waals surface area contributed by atoms with Gasteiger partial charge in [0.05, 0.1) is 6.54 Å². The molecule has 0 saturated heterocycles. The first kappa shape index (κ1) is 31.1. The summed E-state index contributed by atoms with van der Waals surface area (Å²) in [4.78, 5) is 33.5. The van der Waals surface area contributed by atoms with Gasteiger partial charge in [0, 0.05) is 0 Å². The number of allylic oxidation sites excluding steroid dienone is 2. The van der Waals surface area contributed by atoms with E-state index in [2.05, 4.69) is 19.1 Å². The summed E-state index contributed by atoms with van der Waals surface area (Å²) >= 11 is 0. The van der Waals surface area contributed by atoms with E-state index in [1.165, 1.54) is 70.6 Å². The Morgan fingerprint density at radius 1 is 0.545 bits per heavy atom. The van der Waals surface area contributed by atoms with Gasteiger partial charge in [-0.2, -0.15) is 0 Å². The number of unbranched alkanes of at least 4 members (excludes halogenated alkanes) is 14. The molecular formula is C26H48NO6+. The van der Waals surface area contributed by atoms with Crippen LogP contribution in [0.4, 0.5) is 0 Å². The molecule has 0 amide bonds. The van der Waals surface area contributed by atoms with Gasteiger partial charge in [-0.25, -0.2) is 14.4 Å². The molecular weight excluding hydrogens is 422 g/mol. The lowest BCUT2D eigenvalue weighted by Crippen LogP contribution is -2.57. The molecule has 0 fully saturated rings. The number of carboxylic acid groups (broad SMARTS) is 3. The van der Waals surface area contributed by atoms with Gasteiger partial charge in [0.1, 0.15) is 0 Å². The normalized spacial score (nSPS) is 11.8. The Hall–Kier alpha value is -1.89. The monoisotopic (exact) mass is 470 g/mol. The molecule has 192 valence electrons. The summed E-state index contributed by atoms with van der Waals surface area (Å²) in [6, 6.07) is 0.